The Kier molecular flexibility index (Phi) is 2.97. The van der Waals surface area contributed by atoms with Crippen molar-refractivity contribution >= 4 is 23.2 Å². The third kappa shape index (κ3) is 2.16. The van der Waals surface area contributed by atoms with E-state index in [1.165, 1.54) is 4.90 Å². The highest BCUT2D eigenvalue weighted by atomic mass is 16.2. The first-order chi connectivity index (χ1) is 9.97. The molecule has 0 bridgehead atoms. The van der Waals surface area contributed by atoms with E-state index in [4.69, 9.17) is 0 Å². The summed E-state index contributed by atoms with van der Waals surface area (Å²) in [5.74, 6) is -1.38. The van der Waals surface area contributed by atoms with Crippen LogP contribution in [0.2, 0.25) is 0 Å². The number of carbonyl (C=O) groups is 3. The van der Waals surface area contributed by atoms with Gasteiger partial charge in [0.1, 0.15) is 0 Å². The van der Waals surface area contributed by atoms with E-state index < -0.39 is 11.7 Å². The lowest BCUT2D eigenvalue weighted by molar-refractivity contribution is -0.114. The van der Waals surface area contributed by atoms with Crippen LogP contribution in [0, 0.1) is 6.92 Å². The zero-order valence-electron chi connectivity index (χ0n) is 11.8. The Bertz CT molecular complexity index is 774. The number of benzene rings is 1. The lowest BCUT2D eigenvalue weighted by atomic mass is 10.1. The second-order valence-electron chi connectivity index (χ2n) is 5.23. The third-order valence-corrected chi connectivity index (χ3v) is 3.58. The minimum absolute atomic E-state index is 0.120. The normalized spacial score (nSPS) is 13.7. The smallest absolute Gasteiger partial charge is 0.299 e. The largest absolute Gasteiger partial charge is 0.357 e. The molecule has 0 aliphatic carbocycles. The van der Waals surface area contributed by atoms with Crippen LogP contribution in [0.15, 0.2) is 36.7 Å². The first-order valence-corrected chi connectivity index (χ1v) is 6.59. The maximum absolute atomic E-state index is 12.2. The van der Waals surface area contributed by atoms with Crippen LogP contribution in [0.4, 0.5) is 5.69 Å². The summed E-state index contributed by atoms with van der Waals surface area (Å²) in [5.41, 5.74) is 2.32. The first-order valence-electron chi connectivity index (χ1n) is 6.59. The Labute approximate surface area is 121 Å². The molecule has 5 heteroatoms. The molecular weight excluding hydrogens is 268 g/mol. The molecule has 2 heterocycles. The van der Waals surface area contributed by atoms with Gasteiger partial charge in [-0.15, -0.1) is 0 Å². The van der Waals surface area contributed by atoms with Gasteiger partial charge in [0, 0.05) is 25.0 Å². The standard InChI is InChI=1S/C16H14N2O3/c1-10-3-4-13-12(7-10)15(20)16(21)18(13)9-14(19)11-5-6-17(2)8-11/h3-8H,9H2,1-2H3. The molecule has 2 aromatic rings. The molecular formula is C16H14N2O3. The summed E-state index contributed by atoms with van der Waals surface area (Å²) in [6.07, 6.45) is 3.46. The number of rotatable bonds is 3. The molecule has 0 unspecified atom stereocenters. The summed E-state index contributed by atoms with van der Waals surface area (Å²) in [6.45, 7) is 1.74. The number of hydrogen-bond donors (Lipinski definition) is 0. The van der Waals surface area contributed by atoms with Gasteiger partial charge in [-0.25, -0.2) is 0 Å². The molecule has 106 valence electrons. The van der Waals surface area contributed by atoms with Crippen molar-refractivity contribution in [3.05, 3.63) is 53.3 Å². The minimum atomic E-state index is -0.639. The summed E-state index contributed by atoms with van der Waals surface area (Å²) >= 11 is 0. The zero-order valence-corrected chi connectivity index (χ0v) is 11.8. The SMILES string of the molecule is Cc1ccc2c(c1)C(=O)C(=O)N2CC(=O)c1ccn(C)c1. The molecule has 0 saturated heterocycles. The Morgan fingerprint density at radius 1 is 1.19 bits per heavy atom. The fourth-order valence-corrected chi connectivity index (χ4v) is 2.47. The van der Waals surface area contributed by atoms with Crippen molar-refractivity contribution < 1.29 is 14.4 Å². The molecule has 1 aliphatic rings. The number of nitrogens with zero attached hydrogens (tertiary/aromatic N) is 2. The van der Waals surface area contributed by atoms with Crippen molar-refractivity contribution in [3.8, 4) is 0 Å². The highest BCUT2D eigenvalue weighted by Gasteiger charge is 2.36. The summed E-state index contributed by atoms with van der Waals surface area (Å²) < 4.78 is 1.77. The number of ketones is 2. The monoisotopic (exact) mass is 282 g/mol. The molecule has 0 spiro atoms. The predicted octanol–water partition coefficient (Wildman–Crippen LogP) is 1.75. The van der Waals surface area contributed by atoms with Gasteiger partial charge in [0.2, 0.25) is 0 Å². The Morgan fingerprint density at radius 2 is 1.95 bits per heavy atom. The van der Waals surface area contributed by atoms with Crippen LogP contribution in [0.3, 0.4) is 0 Å². The molecule has 0 atom stereocenters. The highest BCUT2D eigenvalue weighted by molar-refractivity contribution is 6.52. The van der Waals surface area contributed by atoms with Crippen molar-refractivity contribution in [1.82, 2.24) is 4.57 Å². The van der Waals surface area contributed by atoms with Crippen molar-refractivity contribution in [2.45, 2.75) is 6.92 Å². The average molecular weight is 282 g/mol. The van der Waals surface area contributed by atoms with Gasteiger partial charge < -0.3 is 4.57 Å². The van der Waals surface area contributed by atoms with Crippen LogP contribution in [-0.2, 0) is 11.8 Å². The molecule has 0 N–H and O–H groups in total. The van der Waals surface area contributed by atoms with Gasteiger partial charge in [0.15, 0.2) is 5.78 Å². The molecule has 21 heavy (non-hydrogen) atoms. The zero-order chi connectivity index (χ0) is 15.1. The number of carbonyl (C=O) groups excluding carboxylic acids is 3. The van der Waals surface area contributed by atoms with E-state index >= 15 is 0 Å². The second kappa shape index (κ2) is 4.70. The average Bonchev–Trinajstić information content (AvgIpc) is 2.97. The van der Waals surface area contributed by atoms with E-state index in [0.29, 0.717) is 16.8 Å². The fourth-order valence-electron chi connectivity index (χ4n) is 2.47. The molecule has 5 nitrogen and oxygen atoms in total. The van der Waals surface area contributed by atoms with Gasteiger partial charge in [0.25, 0.3) is 11.7 Å². The number of anilines is 1. The van der Waals surface area contributed by atoms with Crippen LogP contribution in [0.1, 0.15) is 26.3 Å². The molecule has 0 saturated carbocycles. The number of fused-ring (bicyclic) bond motifs is 1. The molecule has 1 aliphatic heterocycles. The predicted molar refractivity (Wildman–Crippen MR) is 77.6 cm³/mol. The Morgan fingerprint density at radius 3 is 2.62 bits per heavy atom. The van der Waals surface area contributed by atoms with Crippen LogP contribution in [0.25, 0.3) is 0 Å². The summed E-state index contributed by atoms with van der Waals surface area (Å²) in [5, 5.41) is 0. The van der Waals surface area contributed by atoms with Crippen LogP contribution < -0.4 is 4.90 Å². The third-order valence-electron chi connectivity index (χ3n) is 3.58. The van der Waals surface area contributed by atoms with Crippen LogP contribution >= 0.6 is 0 Å². The number of Topliss-reactive ketones (excluding diaryl/α,β-unsaturated/α-hetero) is 2. The number of aromatic nitrogens is 1. The first kappa shape index (κ1) is 13.3. The second-order valence-corrected chi connectivity index (χ2v) is 5.23. The van der Waals surface area contributed by atoms with Crippen molar-refractivity contribution in [2.75, 3.05) is 11.4 Å². The molecule has 1 aromatic carbocycles. The molecule has 0 fully saturated rings. The number of amides is 1. The van der Waals surface area contributed by atoms with Crippen molar-refractivity contribution in [3.63, 3.8) is 0 Å². The van der Waals surface area contributed by atoms with Gasteiger partial charge in [-0.3, -0.25) is 19.3 Å². The summed E-state index contributed by atoms with van der Waals surface area (Å²) in [6, 6.07) is 6.92. The van der Waals surface area contributed by atoms with E-state index in [1.54, 1.807) is 35.2 Å². The van der Waals surface area contributed by atoms with Crippen LogP contribution in [-0.4, -0.2) is 28.6 Å². The van der Waals surface area contributed by atoms with Crippen molar-refractivity contribution in [2.24, 2.45) is 7.05 Å². The Balaban J connectivity index is 1.92. The molecule has 3 rings (SSSR count). The van der Waals surface area contributed by atoms with E-state index in [0.717, 1.165) is 5.56 Å². The van der Waals surface area contributed by atoms with Gasteiger partial charge in [-0.05, 0) is 25.1 Å². The van der Waals surface area contributed by atoms with E-state index in [-0.39, 0.29) is 12.3 Å². The van der Waals surface area contributed by atoms with Gasteiger partial charge >= 0.3 is 0 Å². The summed E-state index contributed by atoms with van der Waals surface area (Å²) in [4.78, 5) is 37.5. The Hall–Kier alpha value is -2.69. The minimum Gasteiger partial charge on any atom is -0.357 e. The number of hydrogen-bond acceptors (Lipinski definition) is 3. The topological polar surface area (TPSA) is 59.4 Å². The van der Waals surface area contributed by atoms with E-state index in [2.05, 4.69) is 0 Å². The maximum Gasteiger partial charge on any atom is 0.299 e. The maximum atomic E-state index is 12.2. The lowest BCUT2D eigenvalue weighted by Gasteiger charge is -2.15. The van der Waals surface area contributed by atoms with E-state index in [9.17, 15) is 14.4 Å². The van der Waals surface area contributed by atoms with Crippen molar-refractivity contribution in [1.29, 1.82) is 0 Å². The lowest BCUT2D eigenvalue weighted by Crippen LogP contribution is -2.34. The van der Waals surface area contributed by atoms with Crippen LogP contribution in [0.5, 0.6) is 0 Å². The number of aryl methyl sites for hydroxylation is 2. The molecule has 1 amide bonds. The van der Waals surface area contributed by atoms with Gasteiger partial charge in [-0.1, -0.05) is 11.6 Å². The van der Waals surface area contributed by atoms with E-state index in [1.807, 2.05) is 20.0 Å². The summed E-state index contributed by atoms with van der Waals surface area (Å²) in [7, 11) is 1.82. The van der Waals surface area contributed by atoms with Gasteiger partial charge in [0.05, 0.1) is 17.8 Å². The molecule has 0 radical (unpaired) electrons. The fraction of sp³-hybridized carbons (Fsp3) is 0.188. The quantitative estimate of drug-likeness (QED) is 0.636. The molecule has 1 aromatic heterocycles. The van der Waals surface area contributed by atoms with Gasteiger partial charge in [-0.2, -0.15) is 0 Å². The highest BCUT2D eigenvalue weighted by Crippen LogP contribution is 2.29.